The van der Waals surface area contributed by atoms with Crippen molar-refractivity contribution < 1.29 is 4.39 Å². The topological polar surface area (TPSA) is 38.9 Å². The molecule has 106 valence electrons. The predicted molar refractivity (Wildman–Crippen MR) is 87.1 cm³/mol. The van der Waals surface area contributed by atoms with Crippen LogP contribution in [0, 0.1) is 5.82 Å². The summed E-state index contributed by atoms with van der Waals surface area (Å²) >= 11 is 7.47. The Morgan fingerprint density at radius 3 is 2.86 bits per heavy atom. The number of pyridine rings is 1. The van der Waals surface area contributed by atoms with Crippen molar-refractivity contribution in [3.63, 3.8) is 0 Å². The monoisotopic (exact) mass is 318 g/mol. The smallest absolute Gasteiger partial charge is 0.132 e. The highest BCUT2D eigenvalue weighted by Gasteiger charge is 2.08. The molecule has 0 fully saturated rings. The summed E-state index contributed by atoms with van der Waals surface area (Å²) in [4.78, 5) is 5.24. The molecule has 2 nitrogen and oxygen atoms in total. The van der Waals surface area contributed by atoms with Crippen molar-refractivity contribution >= 4 is 40.0 Å². The molecule has 3 aromatic rings. The summed E-state index contributed by atoms with van der Waals surface area (Å²) in [6.07, 6.45) is 1.67. The maximum absolute atomic E-state index is 13.8. The number of hydrogen-bond donors (Lipinski definition) is 1. The number of thioether (sulfide) groups is 1. The van der Waals surface area contributed by atoms with Gasteiger partial charge in [-0.3, -0.25) is 4.98 Å². The molecular formula is C16H12ClFN2S. The predicted octanol–water partition coefficient (Wildman–Crippen LogP) is 4.90. The Bertz CT molecular complexity index is 807. The van der Waals surface area contributed by atoms with E-state index in [9.17, 15) is 4.39 Å². The molecule has 0 aliphatic rings. The lowest BCUT2D eigenvalue weighted by atomic mass is 10.1. The Morgan fingerprint density at radius 2 is 2.05 bits per heavy atom. The molecule has 0 bridgehead atoms. The number of hydrogen-bond acceptors (Lipinski definition) is 3. The number of anilines is 1. The van der Waals surface area contributed by atoms with Gasteiger partial charge in [-0.25, -0.2) is 4.39 Å². The fraction of sp³-hybridized carbons (Fsp3) is 0.0625. The molecule has 0 amide bonds. The molecule has 21 heavy (non-hydrogen) atoms. The van der Waals surface area contributed by atoms with Crippen LogP contribution in [0.2, 0.25) is 5.02 Å². The zero-order valence-corrected chi connectivity index (χ0v) is 12.6. The van der Waals surface area contributed by atoms with E-state index in [4.69, 9.17) is 17.3 Å². The van der Waals surface area contributed by atoms with Crippen LogP contribution in [0.5, 0.6) is 0 Å². The number of nitrogens with two attached hydrogens (primary N) is 1. The molecule has 0 saturated carbocycles. The molecule has 3 rings (SSSR count). The number of rotatable bonds is 3. The summed E-state index contributed by atoms with van der Waals surface area (Å²) in [7, 11) is 0. The molecule has 0 aliphatic heterocycles. The fourth-order valence-corrected chi connectivity index (χ4v) is 3.23. The number of aromatic nitrogens is 1. The Kier molecular flexibility index (Phi) is 3.99. The quantitative estimate of drug-likeness (QED) is 0.551. The molecular weight excluding hydrogens is 307 g/mol. The maximum atomic E-state index is 13.8. The van der Waals surface area contributed by atoms with Gasteiger partial charge in [0.1, 0.15) is 5.82 Å². The first-order valence-corrected chi connectivity index (χ1v) is 7.71. The molecule has 2 aromatic carbocycles. The van der Waals surface area contributed by atoms with Crippen molar-refractivity contribution in [1.29, 1.82) is 0 Å². The van der Waals surface area contributed by atoms with Crippen molar-refractivity contribution in [3.05, 3.63) is 65.1 Å². The van der Waals surface area contributed by atoms with Crippen LogP contribution < -0.4 is 5.73 Å². The minimum absolute atomic E-state index is 0.252. The van der Waals surface area contributed by atoms with Gasteiger partial charge in [0.25, 0.3) is 0 Å². The van der Waals surface area contributed by atoms with E-state index >= 15 is 0 Å². The second-order valence-corrected chi connectivity index (χ2v) is 6.03. The van der Waals surface area contributed by atoms with Crippen molar-refractivity contribution in [3.8, 4) is 0 Å². The summed E-state index contributed by atoms with van der Waals surface area (Å²) in [6, 6.07) is 12.1. The Balaban J connectivity index is 1.90. The van der Waals surface area contributed by atoms with Crippen LogP contribution in [-0.2, 0) is 5.75 Å². The zero-order valence-electron chi connectivity index (χ0n) is 11.0. The van der Waals surface area contributed by atoms with E-state index in [0.29, 0.717) is 27.4 Å². The molecule has 0 spiro atoms. The minimum atomic E-state index is -0.252. The highest BCUT2D eigenvalue weighted by atomic mass is 35.5. The summed E-state index contributed by atoms with van der Waals surface area (Å²) in [5.41, 5.74) is 8.26. The summed E-state index contributed by atoms with van der Waals surface area (Å²) in [6.45, 7) is 0. The molecule has 1 aromatic heterocycles. The van der Waals surface area contributed by atoms with Gasteiger partial charge in [0.15, 0.2) is 0 Å². The molecule has 2 N–H and O–H groups in total. The van der Waals surface area contributed by atoms with Crippen molar-refractivity contribution in [2.45, 2.75) is 10.6 Å². The van der Waals surface area contributed by atoms with Gasteiger partial charge in [0.05, 0.1) is 5.52 Å². The van der Waals surface area contributed by atoms with Gasteiger partial charge >= 0.3 is 0 Å². The van der Waals surface area contributed by atoms with Gasteiger partial charge in [-0.1, -0.05) is 17.7 Å². The molecule has 0 radical (unpaired) electrons. The van der Waals surface area contributed by atoms with E-state index in [1.807, 2.05) is 6.07 Å². The average molecular weight is 319 g/mol. The second-order valence-electron chi connectivity index (χ2n) is 4.58. The fourth-order valence-electron chi connectivity index (χ4n) is 2.12. The van der Waals surface area contributed by atoms with E-state index in [2.05, 4.69) is 4.98 Å². The standard InChI is InChI=1S/C16H12ClFN2S/c17-11-4-6-15(14(19)8-11)21-9-10-3-5-13(18)12-2-1-7-20-16(10)12/h1-8H,9,19H2. The third-order valence-corrected chi connectivity index (χ3v) is 4.53. The largest absolute Gasteiger partial charge is 0.398 e. The first kappa shape index (κ1) is 14.2. The number of nitrogen functional groups attached to an aromatic ring is 1. The molecule has 0 aliphatic carbocycles. The van der Waals surface area contributed by atoms with Crippen LogP contribution >= 0.6 is 23.4 Å². The average Bonchev–Trinajstić information content (AvgIpc) is 2.48. The lowest BCUT2D eigenvalue weighted by Crippen LogP contribution is -1.92. The Morgan fingerprint density at radius 1 is 1.19 bits per heavy atom. The van der Waals surface area contributed by atoms with Crippen molar-refractivity contribution in [1.82, 2.24) is 4.98 Å². The van der Waals surface area contributed by atoms with Crippen LogP contribution in [0.3, 0.4) is 0 Å². The number of benzene rings is 2. The van der Waals surface area contributed by atoms with E-state index in [1.54, 1.807) is 48.3 Å². The van der Waals surface area contributed by atoms with E-state index in [1.165, 1.54) is 6.07 Å². The molecule has 1 heterocycles. The van der Waals surface area contributed by atoms with E-state index in [0.717, 1.165) is 10.5 Å². The van der Waals surface area contributed by atoms with Crippen molar-refractivity contribution in [2.24, 2.45) is 0 Å². The molecule has 0 unspecified atom stereocenters. The van der Waals surface area contributed by atoms with Crippen LogP contribution in [0.4, 0.5) is 10.1 Å². The molecule has 0 atom stereocenters. The van der Waals surface area contributed by atoms with Crippen LogP contribution in [0.1, 0.15) is 5.56 Å². The number of nitrogens with zero attached hydrogens (tertiary/aromatic N) is 1. The van der Waals surface area contributed by atoms with Gasteiger partial charge in [-0.05, 0) is 42.0 Å². The van der Waals surface area contributed by atoms with E-state index in [-0.39, 0.29) is 5.82 Å². The summed E-state index contributed by atoms with van der Waals surface area (Å²) < 4.78 is 13.8. The van der Waals surface area contributed by atoms with Gasteiger partial charge in [0.2, 0.25) is 0 Å². The van der Waals surface area contributed by atoms with Crippen molar-refractivity contribution in [2.75, 3.05) is 5.73 Å². The Labute approximate surface area is 131 Å². The highest BCUT2D eigenvalue weighted by Crippen LogP contribution is 2.32. The molecule has 5 heteroatoms. The normalized spacial score (nSPS) is 11.0. The lowest BCUT2D eigenvalue weighted by Gasteiger charge is -2.08. The van der Waals surface area contributed by atoms with Gasteiger partial charge < -0.3 is 5.73 Å². The number of halogens is 2. The number of fused-ring (bicyclic) bond motifs is 1. The van der Waals surface area contributed by atoms with E-state index < -0.39 is 0 Å². The Hall–Kier alpha value is -1.78. The third kappa shape index (κ3) is 2.96. The SMILES string of the molecule is Nc1cc(Cl)ccc1SCc1ccc(F)c2cccnc12. The maximum Gasteiger partial charge on any atom is 0.132 e. The van der Waals surface area contributed by atoms with Gasteiger partial charge in [-0.2, -0.15) is 0 Å². The minimum Gasteiger partial charge on any atom is -0.398 e. The summed E-state index contributed by atoms with van der Waals surface area (Å²) in [5.74, 6) is 0.414. The summed E-state index contributed by atoms with van der Waals surface area (Å²) in [5, 5.41) is 1.16. The van der Waals surface area contributed by atoms with Crippen LogP contribution in [-0.4, -0.2) is 4.98 Å². The lowest BCUT2D eigenvalue weighted by molar-refractivity contribution is 0.639. The zero-order chi connectivity index (χ0) is 14.8. The van der Waals surface area contributed by atoms with Crippen LogP contribution in [0.15, 0.2) is 53.6 Å². The molecule has 0 saturated heterocycles. The second kappa shape index (κ2) is 5.92. The van der Waals surface area contributed by atoms with Gasteiger partial charge in [0, 0.05) is 32.9 Å². The van der Waals surface area contributed by atoms with Gasteiger partial charge in [-0.15, -0.1) is 11.8 Å². The highest BCUT2D eigenvalue weighted by molar-refractivity contribution is 7.98. The third-order valence-electron chi connectivity index (χ3n) is 3.16. The first-order valence-electron chi connectivity index (χ1n) is 6.35. The first-order chi connectivity index (χ1) is 10.1. The van der Waals surface area contributed by atoms with Crippen LogP contribution in [0.25, 0.3) is 10.9 Å².